The van der Waals surface area contributed by atoms with Gasteiger partial charge in [0, 0.05) is 54.8 Å². The molecule has 0 bridgehead atoms. The second kappa shape index (κ2) is 9.76. The van der Waals surface area contributed by atoms with Gasteiger partial charge in [-0.3, -0.25) is 15.1 Å². The number of nitrogens with zero attached hydrogens (tertiary/aromatic N) is 3. The number of rotatable bonds is 8. The quantitative estimate of drug-likeness (QED) is 0.483. The van der Waals surface area contributed by atoms with E-state index in [-0.39, 0.29) is 49.7 Å². The molecule has 6 atom stereocenters. The molecule has 3 aliphatic carbocycles. The molecular weight excluding hydrogens is 484 g/mol. The van der Waals surface area contributed by atoms with Crippen LogP contribution in [0.2, 0.25) is 0 Å². The van der Waals surface area contributed by atoms with Gasteiger partial charge in [-0.25, -0.2) is 8.78 Å². The van der Waals surface area contributed by atoms with E-state index >= 15 is 0 Å². The highest BCUT2D eigenvalue weighted by atomic mass is 19.3. The van der Waals surface area contributed by atoms with Gasteiger partial charge >= 0.3 is 0 Å². The number of alkyl halides is 2. The highest BCUT2D eigenvalue weighted by molar-refractivity contribution is 5.85. The van der Waals surface area contributed by atoms with Gasteiger partial charge in [-0.2, -0.15) is 5.10 Å². The highest BCUT2D eigenvalue weighted by Gasteiger charge is 2.69. The van der Waals surface area contributed by atoms with E-state index < -0.39 is 5.92 Å². The lowest BCUT2D eigenvalue weighted by molar-refractivity contribution is -0.188. The molecule has 2 N–H and O–H groups in total. The third-order valence-electron chi connectivity index (χ3n) is 10.4. The van der Waals surface area contributed by atoms with Crippen molar-refractivity contribution < 1.29 is 13.6 Å². The first kappa shape index (κ1) is 26.0. The zero-order chi connectivity index (χ0) is 26.7. The minimum Gasteiger partial charge on any atom is -0.349 e. The number of hydrazone groups is 1. The van der Waals surface area contributed by atoms with Gasteiger partial charge in [0.2, 0.25) is 11.8 Å². The number of piperidine rings is 1. The van der Waals surface area contributed by atoms with Crippen molar-refractivity contribution in [2.75, 3.05) is 6.54 Å². The predicted molar refractivity (Wildman–Crippen MR) is 145 cm³/mol. The third kappa shape index (κ3) is 4.40. The molecule has 6 nitrogen and oxygen atoms in total. The van der Waals surface area contributed by atoms with Crippen LogP contribution < -0.4 is 10.7 Å². The third-order valence-corrected chi connectivity index (χ3v) is 10.4. The van der Waals surface area contributed by atoms with Crippen LogP contribution in [0.15, 0.2) is 35.4 Å². The molecule has 8 heteroatoms. The smallest absolute Gasteiger partial charge is 0.248 e. The van der Waals surface area contributed by atoms with Crippen LogP contribution in [-0.4, -0.2) is 58.3 Å². The lowest BCUT2D eigenvalue weighted by atomic mass is 9.53. The summed E-state index contributed by atoms with van der Waals surface area (Å²) in [5.41, 5.74) is 4.86. The summed E-state index contributed by atoms with van der Waals surface area (Å²) in [6.45, 7) is 7.62. The van der Waals surface area contributed by atoms with Gasteiger partial charge in [0.25, 0.3) is 0 Å². The normalized spacial score (nSPS) is 35.0. The van der Waals surface area contributed by atoms with Gasteiger partial charge < -0.3 is 10.2 Å². The molecule has 1 spiro atoms. The molecule has 208 valence electrons. The number of likely N-dealkylation sites (tertiary alicyclic amines) is 1. The molecule has 1 aromatic rings. The van der Waals surface area contributed by atoms with E-state index in [0.717, 1.165) is 18.5 Å². The van der Waals surface area contributed by atoms with Crippen molar-refractivity contribution in [3.05, 3.63) is 35.9 Å². The van der Waals surface area contributed by atoms with Crippen LogP contribution in [0.5, 0.6) is 0 Å². The number of nitrogens with one attached hydrogen (secondary N) is 2. The van der Waals surface area contributed by atoms with Crippen molar-refractivity contribution in [3.8, 4) is 0 Å². The van der Waals surface area contributed by atoms with Crippen molar-refractivity contribution >= 4 is 11.7 Å². The van der Waals surface area contributed by atoms with Gasteiger partial charge in [-0.1, -0.05) is 44.2 Å². The summed E-state index contributed by atoms with van der Waals surface area (Å²) in [7, 11) is 0. The average Bonchev–Trinajstić information content (AvgIpc) is 3.46. The maximum absolute atomic E-state index is 13.7. The molecule has 4 fully saturated rings. The van der Waals surface area contributed by atoms with Crippen LogP contribution in [0.25, 0.3) is 0 Å². The summed E-state index contributed by atoms with van der Waals surface area (Å²) in [6.07, 6.45) is 6.27. The molecule has 6 rings (SSSR count). The topological polar surface area (TPSA) is 60.0 Å². The first-order chi connectivity index (χ1) is 18.2. The maximum atomic E-state index is 13.7. The van der Waals surface area contributed by atoms with E-state index in [2.05, 4.69) is 58.5 Å². The van der Waals surface area contributed by atoms with Crippen LogP contribution in [-0.2, 0) is 4.79 Å². The number of amides is 1. The fourth-order valence-corrected chi connectivity index (χ4v) is 8.33. The molecule has 2 aliphatic heterocycles. The summed E-state index contributed by atoms with van der Waals surface area (Å²) in [6, 6.07) is 11.8. The zero-order valence-corrected chi connectivity index (χ0v) is 23.0. The molecule has 1 saturated heterocycles. The lowest BCUT2D eigenvalue weighted by Gasteiger charge is -2.68. The monoisotopic (exact) mass is 527 g/mol. The Labute approximate surface area is 225 Å². The maximum Gasteiger partial charge on any atom is 0.248 e. The number of carbonyl (C=O) groups excluding carboxylic acids is 1. The molecule has 1 amide bonds. The Morgan fingerprint density at radius 3 is 2.53 bits per heavy atom. The molecule has 4 unspecified atom stereocenters. The molecule has 2 heterocycles. The number of hydrogen-bond acceptors (Lipinski definition) is 5. The van der Waals surface area contributed by atoms with Crippen LogP contribution in [0.3, 0.4) is 0 Å². The highest BCUT2D eigenvalue weighted by Crippen LogP contribution is 2.66. The second-order valence-electron chi connectivity index (χ2n) is 12.9. The fourth-order valence-electron chi connectivity index (χ4n) is 8.33. The Balaban J connectivity index is 1.11. The van der Waals surface area contributed by atoms with Crippen molar-refractivity contribution in [3.63, 3.8) is 0 Å². The van der Waals surface area contributed by atoms with Gasteiger partial charge in [-0.05, 0) is 57.4 Å². The predicted octanol–water partition coefficient (Wildman–Crippen LogP) is 5.28. The number of carbonyl (C=O) groups is 1. The van der Waals surface area contributed by atoms with Crippen molar-refractivity contribution in [2.45, 2.75) is 115 Å². The Bertz CT molecular complexity index is 1050. The van der Waals surface area contributed by atoms with E-state index in [1.54, 1.807) is 0 Å². The molecule has 0 aromatic heterocycles. The fraction of sp³-hybridized carbons (Fsp3) is 0.733. The van der Waals surface area contributed by atoms with E-state index in [9.17, 15) is 13.6 Å². The van der Waals surface area contributed by atoms with E-state index in [4.69, 9.17) is 0 Å². The Hall–Kier alpha value is -2.22. The minimum absolute atomic E-state index is 0.0621. The van der Waals surface area contributed by atoms with E-state index in [1.807, 2.05) is 18.2 Å². The van der Waals surface area contributed by atoms with Crippen molar-refractivity contribution in [2.24, 2.45) is 22.4 Å². The van der Waals surface area contributed by atoms with Gasteiger partial charge in [-0.15, -0.1) is 0 Å². The van der Waals surface area contributed by atoms with Gasteiger partial charge in [0.15, 0.2) is 0 Å². The van der Waals surface area contributed by atoms with Crippen LogP contribution in [0.4, 0.5) is 8.78 Å². The van der Waals surface area contributed by atoms with E-state index in [1.165, 1.54) is 31.5 Å². The number of benzene rings is 1. The minimum atomic E-state index is -2.62. The summed E-state index contributed by atoms with van der Waals surface area (Å²) >= 11 is 0. The molecule has 5 aliphatic rings. The Kier molecular flexibility index (Phi) is 6.68. The van der Waals surface area contributed by atoms with Crippen LogP contribution >= 0.6 is 0 Å². The number of hydrogen-bond donors (Lipinski definition) is 2. The summed E-state index contributed by atoms with van der Waals surface area (Å²) in [5, 5.41) is 7.93. The summed E-state index contributed by atoms with van der Waals surface area (Å²) in [5.74, 6) is -1.40. The summed E-state index contributed by atoms with van der Waals surface area (Å²) in [4.78, 5) is 18.4. The van der Waals surface area contributed by atoms with Gasteiger partial charge in [0.1, 0.15) is 12.0 Å². The van der Waals surface area contributed by atoms with E-state index in [0.29, 0.717) is 29.5 Å². The second-order valence-corrected chi connectivity index (χ2v) is 12.9. The zero-order valence-electron chi connectivity index (χ0n) is 23.0. The number of amidine groups is 1. The lowest BCUT2D eigenvalue weighted by Crippen LogP contribution is -2.74. The molecule has 3 saturated carbocycles. The number of halogens is 2. The first-order valence-electron chi connectivity index (χ1n) is 14.8. The SMILES string of the molecule is CC(C)C1=NNC(C)N1[C@@H]1CC2N(CC[C@H](NC(=O)C3CCC(F)(F)CC3)c3ccccc3)C3CCC32C1. The largest absolute Gasteiger partial charge is 0.349 e. The molecular formula is C30H43F2N5O. The van der Waals surface area contributed by atoms with Crippen LogP contribution in [0, 0.1) is 17.3 Å². The molecule has 38 heavy (non-hydrogen) atoms. The first-order valence-corrected chi connectivity index (χ1v) is 14.8. The standard InChI is InChI=1S/C30H43F2N5O/c1-19(2)27-35-34-20(3)37(27)23-17-26-29(18-23)13-11-25(29)36(26)16-12-24(21-7-5-4-6-8-21)33-28(38)22-9-14-30(31,32)15-10-22/h4-8,19-20,22-26,34H,9-18H2,1-3H3,(H,33,38)/t20?,23-,24+,25?,26?,29?/m1/s1. The van der Waals surface area contributed by atoms with Crippen molar-refractivity contribution in [1.82, 2.24) is 20.5 Å². The van der Waals surface area contributed by atoms with Crippen LogP contribution in [0.1, 0.15) is 90.2 Å². The Morgan fingerprint density at radius 2 is 1.87 bits per heavy atom. The Morgan fingerprint density at radius 1 is 1.13 bits per heavy atom. The molecule has 0 radical (unpaired) electrons. The van der Waals surface area contributed by atoms with Gasteiger partial charge in [0.05, 0.1) is 6.04 Å². The average molecular weight is 528 g/mol. The van der Waals surface area contributed by atoms with Crippen molar-refractivity contribution in [1.29, 1.82) is 0 Å². The molecule has 1 aromatic carbocycles. The summed E-state index contributed by atoms with van der Waals surface area (Å²) < 4.78 is 27.3.